The second-order valence-corrected chi connectivity index (χ2v) is 14.0. The second kappa shape index (κ2) is 15.4. The minimum Gasteiger partial charge on any atom is -0.462 e. The Morgan fingerprint density at radius 2 is 1.72 bits per heavy atom. The third-order valence-electron chi connectivity index (χ3n) is 9.53. The summed E-state index contributed by atoms with van der Waals surface area (Å²) in [6.07, 6.45) is 8.29. The van der Waals surface area contributed by atoms with E-state index in [0.717, 1.165) is 12.8 Å². The van der Waals surface area contributed by atoms with Crippen molar-refractivity contribution in [2.45, 2.75) is 104 Å². The van der Waals surface area contributed by atoms with Gasteiger partial charge in [-0.15, -0.1) is 0 Å². The van der Waals surface area contributed by atoms with E-state index in [2.05, 4.69) is 32.1 Å². The summed E-state index contributed by atoms with van der Waals surface area (Å²) in [4.78, 5) is 50.7. The van der Waals surface area contributed by atoms with Crippen LogP contribution in [0.2, 0.25) is 0 Å². The van der Waals surface area contributed by atoms with Crippen LogP contribution < -0.4 is 10.5 Å². The average molecular weight is 654 g/mol. The van der Waals surface area contributed by atoms with E-state index in [9.17, 15) is 19.2 Å². The molecule has 1 aromatic carbocycles. The van der Waals surface area contributed by atoms with Crippen LogP contribution in [0, 0.1) is 29.1 Å². The molecule has 46 heavy (non-hydrogen) atoms. The van der Waals surface area contributed by atoms with Crippen molar-refractivity contribution < 1.29 is 38.1 Å². The Morgan fingerprint density at radius 3 is 2.39 bits per heavy atom. The molecule has 1 aromatic rings. The molecule has 0 bridgehead atoms. The molecule has 2 aliphatic carbocycles. The SMILES string of the molecule is CCC(C)(C)C(=O)O[C@H]1C[C@@H](C)C=C2C=C[C@H](C)[C@H](CC[C@H]3C[C@H](OC(=O)CCC(=O)Oc4ccc(C(N)=S)cc4)CC(=O)O3)[C@H]21. The summed E-state index contributed by atoms with van der Waals surface area (Å²) in [6.45, 7) is 10.2. The number of thiocarbonyl (C=S) groups is 1. The van der Waals surface area contributed by atoms with Gasteiger partial charge in [0.1, 0.15) is 29.0 Å². The molecule has 7 atom stereocenters. The smallest absolute Gasteiger partial charge is 0.311 e. The number of esters is 4. The molecular weight excluding hydrogens is 606 g/mol. The second-order valence-electron chi connectivity index (χ2n) is 13.6. The number of rotatable bonds is 12. The lowest BCUT2D eigenvalue weighted by molar-refractivity contribution is -0.171. The number of carbonyl (C=O) groups is 4. The van der Waals surface area contributed by atoms with Crippen LogP contribution in [0.15, 0.2) is 48.1 Å². The maximum absolute atomic E-state index is 13.1. The maximum atomic E-state index is 13.1. The Labute approximate surface area is 277 Å². The van der Waals surface area contributed by atoms with Crippen molar-refractivity contribution in [1.29, 1.82) is 0 Å². The lowest BCUT2D eigenvalue weighted by Gasteiger charge is -2.44. The van der Waals surface area contributed by atoms with Gasteiger partial charge in [-0.3, -0.25) is 19.2 Å². The van der Waals surface area contributed by atoms with E-state index in [1.54, 1.807) is 24.3 Å². The van der Waals surface area contributed by atoms with E-state index in [4.69, 9.17) is 36.9 Å². The van der Waals surface area contributed by atoms with Gasteiger partial charge in [0.15, 0.2) is 0 Å². The molecule has 9 nitrogen and oxygen atoms in total. The predicted molar refractivity (Wildman–Crippen MR) is 177 cm³/mol. The first-order valence-electron chi connectivity index (χ1n) is 16.4. The minimum atomic E-state index is -0.623. The van der Waals surface area contributed by atoms with Gasteiger partial charge in [-0.2, -0.15) is 0 Å². The molecule has 0 amide bonds. The van der Waals surface area contributed by atoms with Gasteiger partial charge in [0.25, 0.3) is 0 Å². The van der Waals surface area contributed by atoms with Crippen LogP contribution in [0.1, 0.15) is 91.5 Å². The zero-order valence-corrected chi connectivity index (χ0v) is 28.3. The highest BCUT2D eigenvalue weighted by atomic mass is 32.1. The summed E-state index contributed by atoms with van der Waals surface area (Å²) in [5, 5.41) is 0. The molecule has 3 aliphatic rings. The molecule has 250 valence electrons. The van der Waals surface area contributed by atoms with Crippen LogP contribution >= 0.6 is 12.2 Å². The zero-order valence-electron chi connectivity index (χ0n) is 27.5. The summed E-state index contributed by atoms with van der Waals surface area (Å²) in [6, 6.07) is 6.45. The Hall–Kier alpha value is -3.53. The number of fused-ring (bicyclic) bond motifs is 1. The number of allylic oxidation sites excluding steroid dienone is 3. The normalized spacial score (nSPS) is 27.5. The van der Waals surface area contributed by atoms with E-state index < -0.39 is 35.5 Å². The Balaban J connectivity index is 1.31. The van der Waals surface area contributed by atoms with Gasteiger partial charge in [0, 0.05) is 17.9 Å². The third kappa shape index (κ3) is 9.27. The number of carbonyl (C=O) groups excluding carboxylic acids is 4. The zero-order chi connectivity index (χ0) is 33.6. The molecule has 0 aromatic heterocycles. The monoisotopic (exact) mass is 653 g/mol. The summed E-state index contributed by atoms with van der Waals surface area (Å²) in [5.74, 6) is -0.602. The van der Waals surface area contributed by atoms with Crippen molar-refractivity contribution in [3.8, 4) is 5.75 Å². The van der Waals surface area contributed by atoms with Crippen molar-refractivity contribution in [2.75, 3.05) is 0 Å². The van der Waals surface area contributed by atoms with Crippen LogP contribution in [-0.4, -0.2) is 47.2 Å². The maximum Gasteiger partial charge on any atom is 0.311 e. The molecule has 1 aliphatic heterocycles. The molecule has 1 heterocycles. The first-order chi connectivity index (χ1) is 21.7. The highest BCUT2D eigenvalue weighted by molar-refractivity contribution is 7.80. The van der Waals surface area contributed by atoms with E-state index in [-0.39, 0.29) is 54.1 Å². The number of hydrogen-bond acceptors (Lipinski definition) is 9. The molecule has 10 heteroatoms. The van der Waals surface area contributed by atoms with Crippen LogP contribution in [-0.2, 0) is 33.4 Å². The number of hydrogen-bond donors (Lipinski definition) is 1. The van der Waals surface area contributed by atoms with Crippen molar-refractivity contribution in [1.82, 2.24) is 0 Å². The summed E-state index contributed by atoms with van der Waals surface area (Å²) in [5.41, 5.74) is 6.89. The quantitative estimate of drug-likeness (QED) is 0.121. The molecule has 4 rings (SSSR count). The van der Waals surface area contributed by atoms with Gasteiger partial charge < -0.3 is 24.7 Å². The van der Waals surface area contributed by atoms with Crippen molar-refractivity contribution in [3.63, 3.8) is 0 Å². The molecular formula is C36H47NO8S. The van der Waals surface area contributed by atoms with Crippen LogP contribution in [0.25, 0.3) is 0 Å². The third-order valence-corrected chi connectivity index (χ3v) is 9.77. The van der Waals surface area contributed by atoms with E-state index in [0.29, 0.717) is 36.5 Å². The van der Waals surface area contributed by atoms with Gasteiger partial charge in [0.05, 0.1) is 24.7 Å². The Bertz CT molecular complexity index is 1370. The fraction of sp³-hybridized carbons (Fsp3) is 0.583. The Kier molecular flexibility index (Phi) is 11.8. The average Bonchev–Trinajstić information content (AvgIpc) is 2.99. The number of nitrogens with two attached hydrogens (primary N) is 1. The standard InChI is InChI=1S/C36H47NO8S/c1-6-36(4,5)35(41)45-29-18-21(2)17-24-8-7-22(3)28(33(24)29)14-13-26-19-27(20-32(40)43-26)44-31(39)16-15-30(38)42-25-11-9-23(10-12-25)34(37)46/h7-12,17,21-22,26-29,33H,6,13-16,18-20H2,1-5H3,(H2,37,46)/t21-,22-,26-,27-,28-,29-,33-/m0/s1. The largest absolute Gasteiger partial charge is 0.462 e. The lowest BCUT2D eigenvalue weighted by Crippen LogP contribution is -2.43. The van der Waals surface area contributed by atoms with Gasteiger partial charge in [-0.25, -0.2) is 0 Å². The van der Waals surface area contributed by atoms with Crippen molar-refractivity contribution in [2.24, 2.45) is 34.8 Å². The first-order valence-corrected chi connectivity index (χ1v) is 16.8. The van der Waals surface area contributed by atoms with E-state index in [1.165, 1.54) is 5.57 Å². The highest BCUT2D eigenvalue weighted by Crippen LogP contribution is 2.45. The molecule has 1 fully saturated rings. The number of cyclic esters (lactones) is 1. The summed E-state index contributed by atoms with van der Waals surface area (Å²) in [7, 11) is 0. The van der Waals surface area contributed by atoms with Gasteiger partial charge in [0.2, 0.25) is 0 Å². The van der Waals surface area contributed by atoms with Crippen LogP contribution in [0.4, 0.5) is 0 Å². The van der Waals surface area contributed by atoms with Gasteiger partial charge >= 0.3 is 23.9 Å². The molecule has 1 saturated heterocycles. The van der Waals surface area contributed by atoms with E-state index >= 15 is 0 Å². The predicted octanol–water partition coefficient (Wildman–Crippen LogP) is 6.16. The highest BCUT2D eigenvalue weighted by Gasteiger charge is 2.43. The summed E-state index contributed by atoms with van der Waals surface area (Å²) < 4.78 is 22.8. The van der Waals surface area contributed by atoms with Crippen molar-refractivity contribution in [3.05, 3.63) is 53.6 Å². The molecule has 0 spiro atoms. The molecule has 0 radical (unpaired) electrons. The molecule has 2 N–H and O–H groups in total. The fourth-order valence-corrected chi connectivity index (χ4v) is 6.61. The van der Waals surface area contributed by atoms with E-state index in [1.807, 2.05) is 20.8 Å². The Morgan fingerprint density at radius 1 is 1.02 bits per heavy atom. The fourth-order valence-electron chi connectivity index (χ4n) is 6.47. The topological polar surface area (TPSA) is 131 Å². The molecule has 0 saturated carbocycles. The van der Waals surface area contributed by atoms with Gasteiger partial charge in [-0.05, 0) is 87.1 Å². The number of benzene rings is 1. The molecule has 0 unspecified atom stereocenters. The first kappa shape index (κ1) is 35.3. The van der Waals surface area contributed by atoms with Crippen molar-refractivity contribution >= 4 is 41.1 Å². The van der Waals surface area contributed by atoms with Crippen LogP contribution in [0.3, 0.4) is 0 Å². The lowest BCUT2D eigenvalue weighted by atomic mass is 9.65. The van der Waals surface area contributed by atoms with Gasteiger partial charge in [-0.1, -0.05) is 51.2 Å². The minimum absolute atomic E-state index is 0.0246. The van der Waals surface area contributed by atoms with Crippen LogP contribution in [0.5, 0.6) is 5.75 Å². The number of ether oxygens (including phenoxy) is 4. The summed E-state index contributed by atoms with van der Waals surface area (Å²) >= 11 is 4.92.